The van der Waals surface area contributed by atoms with E-state index in [4.69, 9.17) is 5.73 Å². The lowest BCUT2D eigenvalue weighted by Gasteiger charge is -2.29. The Balaban J connectivity index is 0.00000162. The molecule has 0 saturated heterocycles. The smallest absolute Gasteiger partial charge is 0.225 e. The molecule has 0 spiro atoms. The quantitative estimate of drug-likeness (QED) is 0.928. The number of carbonyl (C=O) groups excluding carboxylic acids is 1. The van der Waals surface area contributed by atoms with Crippen molar-refractivity contribution < 1.29 is 4.79 Å². The van der Waals surface area contributed by atoms with Gasteiger partial charge in [0.15, 0.2) is 0 Å². The minimum absolute atomic E-state index is 0. The predicted molar refractivity (Wildman–Crippen MR) is 83.0 cm³/mol. The van der Waals surface area contributed by atoms with Gasteiger partial charge in [-0.3, -0.25) is 4.79 Å². The summed E-state index contributed by atoms with van der Waals surface area (Å²) in [5.74, 6) is 0.332. The average molecular weight is 326 g/mol. The standard InChI is InChI=1S/C12H19N3OS.2ClH/c1-15(8-11-14-5-6-17-11)12(16)9-3-2-4-10(13)7-9;;/h5-6,9-10H,2-4,7-8,13H2,1H3;2*1H. The van der Waals surface area contributed by atoms with Crippen LogP contribution >= 0.6 is 36.2 Å². The van der Waals surface area contributed by atoms with Crippen LogP contribution in [0, 0.1) is 5.92 Å². The summed E-state index contributed by atoms with van der Waals surface area (Å²) < 4.78 is 0. The van der Waals surface area contributed by atoms with Gasteiger partial charge in [0, 0.05) is 30.6 Å². The maximum atomic E-state index is 12.2. The van der Waals surface area contributed by atoms with Gasteiger partial charge in [-0.2, -0.15) is 0 Å². The minimum Gasteiger partial charge on any atom is -0.339 e. The number of nitrogens with zero attached hydrogens (tertiary/aromatic N) is 2. The van der Waals surface area contributed by atoms with Gasteiger partial charge in [0.1, 0.15) is 5.01 Å². The Morgan fingerprint density at radius 1 is 1.53 bits per heavy atom. The van der Waals surface area contributed by atoms with E-state index in [1.165, 1.54) is 0 Å². The Kier molecular flexibility index (Phi) is 8.57. The van der Waals surface area contributed by atoms with E-state index in [2.05, 4.69) is 4.98 Å². The van der Waals surface area contributed by atoms with Gasteiger partial charge in [0.2, 0.25) is 5.91 Å². The number of nitrogens with two attached hydrogens (primary N) is 1. The van der Waals surface area contributed by atoms with Crippen molar-refractivity contribution in [3.05, 3.63) is 16.6 Å². The number of amides is 1. The van der Waals surface area contributed by atoms with Gasteiger partial charge in [-0.1, -0.05) is 6.42 Å². The van der Waals surface area contributed by atoms with E-state index in [-0.39, 0.29) is 42.7 Å². The van der Waals surface area contributed by atoms with Crippen LogP contribution in [0.3, 0.4) is 0 Å². The topological polar surface area (TPSA) is 59.2 Å². The maximum Gasteiger partial charge on any atom is 0.225 e. The Morgan fingerprint density at radius 3 is 2.84 bits per heavy atom. The average Bonchev–Trinajstić information content (AvgIpc) is 2.80. The SMILES string of the molecule is CN(Cc1nccs1)C(=O)C1CCCC(N)C1.Cl.Cl. The summed E-state index contributed by atoms with van der Waals surface area (Å²) in [6.45, 7) is 0.613. The van der Waals surface area contributed by atoms with Crippen molar-refractivity contribution in [1.29, 1.82) is 0 Å². The van der Waals surface area contributed by atoms with Gasteiger partial charge in [0.25, 0.3) is 0 Å². The Morgan fingerprint density at radius 2 is 2.26 bits per heavy atom. The number of carbonyl (C=O) groups is 1. The van der Waals surface area contributed by atoms with Crippen molar-refractivity contribution in [2.45, 2.75) is 38.3 Å². The fourth-order valence-corrected chi connectivity index (χ4v) is 3.04. The van der Waals surface area contributed by atoms with Gasteiger partial charge < -0.3 is 10.6 Å². The van der Waals surface area contributed by atoms with Crippen molar-refractivity contribution in [2.75, 3.05) is 7.05 Å². The van der Waals surface area contributed by atoms with E-state index in [9.17, 15) is 4.79 Å². The molecular formula is C12H21Cl2N3OS. The van der Waals surface area contributed by atoms with Gasteiger partial charge in [-0.15, -0.1) is 36.2 Å². The van der Waals surface area contributed by atoms with Crippen molar-refractivity contribution in [1.82, 2.24) is 9.88 Å². The zero-order valence-electron chi connectivity index (χ0n) is 10.9. The molecule has 0 aromatic carbocycles. The molecule has 1 aromatic rings. The van der Waals surface area contributed by atoms with Crippen molar-refractivity contribution in [3.8, 4) is 0 Å². The summed E-state index contributed by atoms with van der Waals surface area (Å²) in [4.78, 5) is 18.2. The van der Waals surface area contributed by atoms with E-state index in [0.29, 0.717) is 6.54 Å². The number of rotatable bonds is 3. The van der Waals surface area contributed by atoms with Crippen LogP contribution in [0.2, 0.25) is 0 Å². The van der Waals surface area contributed by atoms with Gasteiger partial charge in [-0.05, 0) is 19.3 Å². The Hall–Kier alpha value is -0.360. The summed E-state index contributed by atoms with van der Waals surface area (Å²) in [5, 5.41) is 2.92. The van der Waals surface area contributed by atoms with Crippen LogP contribution in [0.1, 0.15) is 30.7 Å². The Bertz CT molecular complexity index is 375. The maximum absolute atomic E-state index is 12.2. The van der Waals surface area contributed by atoms with Crippen LogP contribution in [-0.4, -0.2) is 28.9 Å². The fourth-order valence-electron chi connectivity index (χ4n) is 2.38. The molecule has 0 aliphatic heterocycles. The second kappa shape index (κ2) is 8.74. The molecule has 1 aliphatic rings. The molecule has 7 heteroatoms. The first-order chi connectivity index (χ1) is 8.16. The zero-order valence-corrected chi connectivity index (χ0v) is 13.4. The summed E-state index contributed by atoms with van der Waals surface area (Å²) >= 11 is 1.59. The molecule has 1 amide bonds. The monoisotopic (exact) mass is 325 g/mol. The van der Waals surface area contributed by atoms with E-state index < -0.39 is 0 Å². The molecule has 2 rings (SSSR count). The minimum atomic E-state index is 0. The number of halogens is 2. The van der Waals surface area contributed by atoms with E-state index in [0.717, 1.165) is 30.7 Å². The highest BCUT2D eigenvalue weighted by Crippen LogP contribution is 2.25. The van der Waals surface area contributed by atoms with Crippen LogP contribution in [0.15, 0.2) is 11.6 Å². The third-order valence-electron chi connectivity index (χ3n) is 3.30. The summed E-state index contributed by atoms with van der Waals surface area (Å²) in [5.41, 5.74) is 5.92. The van der Waals surface area contributed by atoms with E-state index in [1.54, 1.807) is 22.4 Å². The fraction of sp³-hybridized carbons (Fsp3) is 0.667. The van der Waals surface area contributed by atoms with Crippen molar-refractivity contribution in [3.63, 3.8) is 0 Å². The molecule has 1 fully saturated rings. The molecule has 1 aromatic heterocycles. The molecule has 0 radical (unpaired) electrons. The van der Waals surface area contributed by atoms with Crippen molar-refractivity contribution >= 4 is 42.1 Å². The number of thiazole rings is 1. The van der Waals surface area contributed by atoms with Crippen LogP contribution in [0.5, 0.6) is 0 Å². The molecule has 110 valence electrons. The molecule has 1 heterocycles. The molecule has 2 N–H and O–H groups in total. The molecule has 2 unspecified atom stereocenters. The highest BCUT2D eigenvalue weighted by molar-refractivity contribution is 7.09. The lowest BCUT2D eigenvalue weighted by Crippen LogP contribution is -2.38. The lowest BCUT2D eigenvalue weighted by atomic mass is 9.85. The van der Waals surface area contributed by atoms with E-state index in [1.807, 2.05) is 12.4 Å². The molecule has 1 saturated carbocycles. The first-order valence-corrected chi connectivity index (χ1v) is 6.93. The van der Waals surface area contributed by atoms with E-state index >= 15 is 0 Å². The molecular weight excluding hydrogens is 305 g/mol. The molecule has 0 bridgehead atoms. The van der Waals surface area contributed by atoms with Gasteiger partial charge in [-0.25, -0.2) is 4.98 Å². The summed E-state index contributed by atoms with van der Waals surface area (Å²) in [7, 11) is 1.85. The summed E-state index contributed by atoms with van der Waals surface area (Å²) in [6.07, 6.45) is 5.72. The van der Waals surface area contributed by atoms with Crippen LogP contribution in [0.4, 0.5) is 0 Å². The molecule has 19 heavy (non-hydrogen) atoms. The third-order valence-corrected chi connectivity index (χ3v) is 4.06. The van der Waals surface area contributed by atoms with Gasteiger partial charge >= 0.3 is 0 Å². The number of hydrogen-bond donors (Lipinski definition) is 1. The lowest BCUT2D eigenvalue weighted by molar-refractivity contribution is -0.135. The number of hydrogen-bond acceptors (Lipinski definition) is 4. The van der Waals surface area contributed by atoms with Gasteiger partial charge in [0.05, 0.1) is 6.54 Å². The molecule has 2 atom stereocenters. The first kappa shape index (κ1) is 18.6. The molecule has 1 aliphatic carbocycles. The largest absolute Gasteiger partial charge is 0.339 e. The summed E-state index contributed by atoms with van der Waals surface area (Å²) in [6, 6.07) is 0.200. The normalized spacial score (nSPS) is 22.0. The highest BCUT2D eigenvalue weighted by atomic mass is 35.5. The Labute approximate surface area is 130 Å². The second-order valence-electron chi connectivity index (χ2n) is 4.74. The predicted octanol–water partition coefficient (Wildman–Crippen LogP) is 2.46. The molecule has 4 nitrogen and oxygen atoms in total. The van der Waals surface area contributed by atoms with Crippen LogP contribution in [0.25, 0.3) is 0 Å². The number of aromatic nitrogens is 1. The van der Waals surface area contributed by atoms with Crippen LogP contribution in [-0.2, 0) is 11.3 Å². The third kappa shape index (κ3) is 5.26. The highest BCUT2D eigenvalue weighted by Gasteiger charge is 2.27. The zero-order chi connectivity index (χ0) is 12.3. The van der Waals surface area contributed by atoms with Crippen molar-refractivity contribution in [2.24, 2.45) is 11.7 Å². The first-order valence-electron chi connectivity index (χ1n) is 6.05. The van der Waals surface area contributed by atoms with Crippen LogP contribution < -0.4 is 5.73 Å². The second-order valence-corrected chi connectivity index (χ2v) is 5.72.